The molecular formula is C41H52O4. The van der Waals surface area contributed by atoms with Gasteiger partial charge in [-0.2, -0.15) is 0 Å². The second-order valence-corrected chi connectivity index (χ2v) is 13.9. The van der Waals surface area contributed by atoms with Gasteiger partial charge in [-0.3, -0.25) is 0 Å². The Morgan fingerprint density at radius 2 is 0.644 bits per heavy atom. The van der Waals surface area contributed by atoms with Crippen LogP contribution in [0.25, 0.3) is 0 Å². The molecule has 4 aromatic rings. The summed E-state index contributed by atoms with van der Waals surface area (Å²) in [5.74, 6) is 2.24. The molecule has 0 amide bonds. The van der Waals surface area contributed by atoms with Crippen molar-refractivity contribution in [1.82, 2.24) is 0 Å². The molecule has 4 rings (SSSR count). The number of aryl methyl sites for hydroxylation is 8. The maximum atomic E-state index is 10.1. The largest absolute Gasteiger partial charge is 0.508 e. The van der Waals surface area contributed by atoms with E-state index in [1.54, 1.807) is 0 Å². The van der Waals surface area contributed by atoms with Crippen molar-refractivity contribution in [1.29, 1.82) is 0 Å². The lowest BCUT2D eigenvalue weighted by atomic mass is 9.63. The summed E-state index contributed by atoms with van der Waals surface area (Å²) >= 11 is 0. The van der Waals surface area contributed by atoms with Crippen LogP contribution in [0.5, 0.6) is 23.0 Å². The van der Waals surface area contributed by atoms with E-state index in [0.29, 0.717) is 34.8 Å². The normalized spacial score (nSPS) is 11.9. The van der Waals surface area contributed by atoms with Gasteiger partial charge in [0, 0.05) is 0 Å². The Balaban J connectivity index is 1.61. The third kappa shape index (κ3) is 9.06. The van der Waals surface area contributed by atoms with Crippen molar-refractivity contribution in [2.45, 2.75) is 92.9 Å². The molecule has 0 aliphatic carbocycles. The van der Waals surface area contributed by atoms with Crippen molar-refractivity contribution in [3.05, 3.63) is 117 Å². The first-order chi connectivity index (χ1) is 21.3. The molecule has 0 saturated heterocycles. The summed E-state index contributed by atoms with van der Waals surface area (Å²) in [7, 11) is 0. The second kappa shape index (κ2) is 14.9. The monoisotopic (exact) mass is 608 g/mol. The van der Waals surface area contributed by atoms with Crippen molar-refractivity contribution < 1.29 is 20.4 Å². The van der Waals surface area contributed by atoms with E-state index >= 15 is 0 Å². The maximum absolute atomic E-state index is 10.1. The summed E-state index contributed by atoms with van der Waals surface area (Å²) in [4.78, 5) is 0. The molecule has 0 aliphatic heterocycles. The Bertz CT molecular complexity index is 1360. The smallest absolute Gasteiger partial charge is 0.118 e. The number of benzene rings is 4. The molecule has 4 nitrogen and oxygen atoms in total. The van der Waals surface area contributed by atoms with Gasteiger partial charge >= 0.3 is 0 Å². The van der Waals surface area contributed by atoms with E-state index in [-0.39, 0.29) is 5.41 Å². The van der Waals surface area contributed by atoms with Gasteiger partial charge < -0.3 is 20.4 Å². The summed E-state index contributed by atoms with van der Waals surface area (Å²) < 4.78 is 0. The summed E-state index contributed by atoms with van der Waals surface area (Å²) in [5, 5.41) is 40.4. The van der Waals surface area contributed by atoms with Crippen LogP contribution in [-0.4, -0.2) is 20.4 Å². The first-order valence-corrected chi connectivity index (χ1v) is 16.5. The van der Waals surface area contributed by atoms with Crippen molar-refractivity contribution in [2.24, 2.45) is 17.3 Å². The van der Waals surface area contributed by atoms with Gasteiger partial charge in [-0.1, -0.05) is 62.4 Å². The molecule has 4 heteroatoms. The van der Waals surface area contributed by atoms with Gasteiger partial charge in [0.25, 0.3) is 0 Å². The van der Waals surface area contributed by atoms with Crippen molar-refractivity contribution in [2.75, 3.05) is 0 Å². The number of phenolic OH excluding ortho intramolecular Hbond substituents is 4. The Labute approximate surface area is 270 Å². The fourth-order valence-electron chi connectivity index (χ4n) is 6.97. The van der Waals surface area contributed by atoms with Crippen LogP contribution in [0, 0.1) is 44.9 Å². The number of rotatable bonds is 14. The van der Waals surface area contributed by atoms with Gasteiger partial charge in [0.15, 0.2) is 0 Å². The Morgan fingerprint density at radius 3 is 0.844 bits per heavy atom. The number of phenols is 4. The summed E-state index contributed by atoms with van der Waals surface area (Å²) in [5.41, 5.74) is 8.68. The topological polar surface area (TPSA) is 80.9 Å². The molecule has 0 saturated carbocycles. The maximum Gasteiger partial charge on any atom is 0.118 e. The lowest BCUT2D eigenvalue weighted by Gasteiger charge is -2.42. The predicted molar refractivity (Wildman–Crippen MR) is 185 cm³/mol. The Hall–Kier alpha value is -3.92. The summed E-state index contributed by atoms with van der Waals surface area (Å²) in [6.45, 7) is 12.7. The van der Waals surface area contributed by atoms with Gasteiger partial charge in [-0.25, -0.2) is 0 Å². The van der Waals surface area contributed by atoms with E-state index in [2.05, 4.69) is 38.1 Å². The fourth-order valence-corrected chi connectivity index (χ4v) is 6.97. The molecule has 240 valence electrons. The van der Waals surface area contributed by atoms with Crippen molar-refractivity contribution >= 4 is 0 Å². The molecule has 0 bridgehead atoms. The van der Waals surface area contributed by atoms with Crippen molar-refractivity contribution in [3.8, 4) is 23.0 Å². The molecule has 0 atom stereocenters. The van der Waals surface area contributed by atoms with Crippen LogP contribution in [-0.2, 0) is 25.7 Å². The zero-order valence-corrected chi connectivity index (χ0v) is 28.0. The van der Waals surface area contributed by atoms with Crippen LogP contribution >= 0.6 is 0 Å². The third-order valence-corrected chi connectivity index (χ3v) is 10.3. The minimum absolute atomic E-state index is 0.0237. The van der Waals surface area contributed by atoms with E-state index in [1.165, 1.54) is 22.3 Å². The van der Waals surface area contributed by atoms with E-state index in [1.807, 2.05) is 76.2 Å². The zero-order chi connectivity index (χ0) is 32.7. The highest BCUT2D eigenvalue weighted by atomic mass is 16.3. The zero-order valence-electron chi connectivity index (χ0n) is 28.0. The lowest BCUT2D eigenvalue weighted by molar-refractivity contribution is 0.0861. The van der Waals surface area contributed by atoms with E-state index in [4.69, 9.17) is 0 Å². The summed E-state index contributed by atoms with van der Waals surface area (Å²) in [6.07, 6.45) is 7.97. The number of aromatic hydroxyl groups is 4. The van der Waals surface area contributed by atoms with Gasteiger partial charge in [0.1, 0.15) is 23.0 Å². The minimum Gasteiger partial charge on any atom is -0.508 e. The molecule has 45 heavy (non-hydrogen) atoms. The van der Waals surface area contributed by atoms with Crippen LogP contribution in [0.15, 0.2) is 72.8 Å². The van der Waals surface area contributed by atoms with Gasteiger partial charge in [0.2, 0.25) is 0 Å². The highest BCUT2D eigenvalue weighted by molar-refractivity contribution is 5.37. The molecule has 0 aliphatic rings. The van der Waals surface area contributed by atoms with Gasteiger partial charge in [-0.05, 0) is 165 Å². The molecule has 0 fully saturated rings. The van der Waals surface area contributed by atoms with E-state index in [9.17, 15) is 20.4 Å². The molecule has 4 aromatic carbocycles. The highest BCUT2D eigenvalue weighted by Crippen LogP contribution is 2.45. The Morgan fingerprint density at radius 1 is 0.422 bits per heavy atom. The quantitative estimate of drug-likeness (QED) is 0.115. The average Bonchev–Trinajstić information content (AvgIpc) is 2.99. The average molecular weight is 609 g/mol. The molecule has 0 spiro atoms. The molecule has 0 aromatic heterocycles. The number of hydrogen-bond donors (Lipinski definition) is 4. The fraction of sp³-hybridized carbons (Fsp3) is 0.415. The first kappa shape index (κ1) is 34.0. The molecule has 0 radical (unpaired) electrons. The number of hydrogen-bond acceptors (Lipinski definition) is 4. The minimum atomic E-state index is 0.0237. The second-order valence-electron chi connectivity index (χ2n) is 13.9. The summed E-state index contributed by atoms with van der Waals surface area (Å²) in [6, 6.07) is 23.9. The third-order valence-electron chi connectivity index (χ3n) is 10.3. The molecular weight excluding hydrogens is 556 g/mol. The van der Waals surface area contributed by atoms with Gasteiger partial charge in [-0.15, -0.1) is 0 Å². The van der Waals surface area contributed by atoms with Crippen molar-refractivity contribution in [3.63, 3.8) is 0 Å². The van der Waals surface area contributed by atoms with Crippen LogP contribution in [0.3, 0.4) is 0 Å². The highest BCUT2D eigenvalue weighted by Gasteiger charge is 2.36. The van der Waals surface area contributed by atoms with Crippen LogP contribution in [0.1, 0.15) is 84.0 Å². The van der Waals surface area contributed by atoms with Crippen LogP contribution in [0.4, 0.5) is 0 Å². The van der Waals surface area contributed by atoms with Gasteiger partial charge in [0.05, 0.1) is 0 Å². The lowest BCUT2D eigenvalue weighted by Crippen LogP contribution is -2.34. The Kier molecular flexibility index (Phi) is 11.3. The SMILES string of the molecule is Cc1cc(CCC(CCc2ccc(O)c(C)c2)C(C)(C)C(CCc2ccc(O)c(C)c2)CCc2ccc(O)c(C)c2)ccc1O. The molecule has 0 unspecified atom stereocenters. The standard InChI is InChI=1S/C41H52O4/c1-27-23-31(11-19-37(27)42)7-15-35(16-8-32-12-20-38(43)28(2)24-32)41(5,6)36(17-9-33-13-21-39(44)29(3)25-33)18-10-34-14-22-40(45)30(4)26-34/h11-14,19-26,35-36,42-45H,7-10,15-18H2,1-6H3. The molecule has 0 heterocycles. The van der Waals surface area contributed by atoms with Crippen LogP contribution < -0.4 is 0 Å². The predicted octanol–water partition coefficient (Wildman–Crippen LogP) is 9.83. The first-order valence-electron chi connectivity index (χ1n) is 16.5. The van der Waals surface area contributed by atoms with E-state index in [0.717, 1.165) is 73.6 Å². The van der Waals surface area contributed by atoms with Crippen LogP contribution in [0.2, 0.25) is 0 Å². The van der Waals surface area contributed by atoms with E-state index < -0.39 is 0 Å². The molecule has 4 N–H and O–H groups in total.